The van der Waals surface area contributed by atoms with E-state index in [1.54, 1.807) is 12.1 Å². The van der Waals surface area contributed by atoms with E-state index in [0.29, 0.717) is 0 Å². The van der Waals surface area contributed by atoms with Crippen molar-refractivity contribution in [2.24, 2.45) is 16.5 Å². The molecule has 2 aliphatic rings. The highest BCUT2D eigenvalue weighted by atomic mass is 16.7. The molecule has 18 heavy (non-hydrogen) atoms. The average Bonchev–Trinajstić information content (AvgIpc) is 2.63. The van der Waals surface area contributed by atoms with Crippen LogP contribution in [0.25, 0.3) is 0 Å². The number of fused-ring (bicyclic) bond motifs is 1. The zero-order valence-electron chi connectivity index (χ0n) is 10.5. The van der Waals surface area contributed by atoms with E-state index in [9.17, 15) is 10.1 Å². The van der Waals surface area contributed by atoms with Gasteiger partial charge in [0.15, 0.2) is 0 Å². The normalized spacial score (nSPS) is 31.3. The zero-order chi connectivity index (χ0) is 13.1. The van der Waals surface area contributed by atoms with Crippen LogP contribution in [0.2, 0.25) is 0 Å². The lowest BCUT2D eigenvalue weighted by molar-refractivity contribution is -0.384. The first-order valence-electron chi connectivity index (χ1n) is 5.89. The van der Waals surface area contributed by atoms with Crippen LogP contribution in [0.3, 0.4) is 0 Å². The number of nitro groups is 1. The molecule has 2 atom stereocenters. The van der Waals surface area contributed by atoms with Crippen LogP contribution in [0, 0.1) is 21.4 Å². The Kier molecular flexibility index (Phi) is 1.93. The van der Waals surface area contributed by atoms with Gasteiger partial charge in [0, 0.05) is 23.1 Å². The van der Waals surface area contributed by atoms with Crippen LogP contribution in [-0.4, -0.2) is 16.2 Å². The fraction of sp³-hybridized carbons (Fsp3) is 0.462. The van der Waals surface area contributed by atoms with E-state index < -0.39 is 4.92 Å². The molecule has 3 rings (SSSR count). The molecule has 0 saturated heterocycles. The van der Waals surface area contributed by atoms with Gasteiger partial charge in [-0.05, 0) is 6.92 Å². The van der Waals surface area contributed by atoms with Crippen molar-refractivity contribution in [1.29, 1.82) is 0 Å². The molecule has 1 saturated carbocycles. The number of rotatable bonds is 2. The minimum atomic E-state index is -0.392. The summed E-state index contributed by atoms with van der Waals surface area (Å²) in [6.45, 7) is 6.29. The Morgan fingerprint density at radius 1 is 1.39 bits per heavy atom. The SMILES string of the molecule is CC1(C)[C@@H]2C(c3cccc([N+](=O)[O-])c3)=NO[C@@]21C. The lowest BCUT2D eigenvalue weighted by atomic mass is 10.0. The monoisotopic (exact) mass is 246 g/mol. The Balaban J connectivity index is 1.99. The highest BCUT2D eigenvalue weighted by Gasteiger charge is 2.76. The van der Waals surface area contributed by atoms with Gasteiger partial charge in [0.25, 0.3) is 5.69 Å². The molecule has 0 radical (unpaired) electrons. The van der Waals surface area contributed by atoms with E-state index in [1.165, 1.54) is 6.07 Å². The van der Waals surface area contributed by atoms with Gasteiger partial charge in [0.05, 0.1) is 16.6 Å². The molecule has 0 amide bonds. The molecule has 0 bridgehead atoms. The third kappa shape index (κ3) is 1.19. The molecule has 0 unspecified atom stereocenters. The molecule has 0 spiro atoms. The standard InChI is InChI=1S/C13H14N2O3/c1-12(2)11-10(14-18-13(11,12)3)8-5-4-6-9(7-8)15(16)17/h4-7,11H,1-3H3/t11-,13-/m0/s1. The fourth-order valence-electron chi connectivity index (χ4n) is 2.91. The van der Waals surface area contributed by atoms with E-state index in [2.05, 4.69) is 19.0 Å². The van der Waals surface area contributed by atoms with Crippen molar-refractivity contribution < 1.29 is 9.76 Å². The first-order chi connectivity index (χ1) is 8.38. The molecule has 0 aromatic heterocycles. The first kappa shape index (κ1) is 11.2. The third-order valence-corrected chi connectivity index (χ3v) is 4.43. The van der Waals surface area contributed by atoms with Crippen LogP contribution in [0.5, 0.6) is 0 Å². The maximum atomic E-state index is 10.8. The first-order valence-corrected chi connectivity index (χ1v) is 5.89. The van der Waals surface area contributed by atoms with Gasteiger partial charge in [-0.1, -0.05) is 31.1 Å². The predicted octanol–water partition coefficient (Wildman–Crippen LogP) is 2.74. The van der Waals surface area contributed by atoms with Crippen molar-refractivity contribution in [3.63, 3.8) is 0 Å². The molecule has 1 fully saturated rings. The fourth-order valence-corrected chi connectivity index (χ4v) is 2.91. The molecule has 1 aliphatic heterocycles. The van der Waals surface area contributed by atoms with Crippen LogP contribution in [-0.2, 0) is 4.84 Å². The van der Waals surface area contributed by atoms with Gasteiger partial charge in [0.1, 0.15) is 5.60 Å². The number of hydrogen-bond donors (Lipinski definition) is 0. The summed E-state index contributed by atoms with van der Waals surface area (Å²) in [6, 6.07) is 6.57. The topological polar surface area (TPSA) is 64.7 Å². The second kappa shape index (κ2) is 3.10. The van der Waals surface area contributed by atoms with E-state index in [4.69, 9.17) is 4.84 Å². The lowest BCUT2D eigenvalue weighted by Gasteiger charge is -2.11. The second-order valence-electron chi connectivity index (χ2n) is 5.64. The van der Waals surface area contributed by atoms with E-state index in [-0.39, 0.29) is 22.6 Å². The van der Waals surface area contributed by atoms with Gasteiger partial charge >= 0.3 is 0 Å². The Bertz CT molecular complexity index is 579. The van der Waals surface area contributed by atoms with Gasteiger partial charge in [-0.2, -0.15) is 0 Å². The second-order valence-corrected chi connectivity index (χ2v) is 5.64. The number of benzene rings is 1. The third-order valence-electron chi connectivity index (χ3n) is 4.43. The predicted molar refractivity (Wildman–Crippen MR) is 66.4 cm³/mol. The largest absolute Gasteiger partial charge is 0.388 e. The summed E-state index contributed by atoms with van der Waals surface area (Å²) in [5.41, 5.74) is 1.47. The lowest BCUT2D eigenvalue weighted by Crippen LogP contribution is -2.12. The molecule has 0 N–H and O–H groups in total. The Labute approximate surface area is 105 Å². The number of oxime groups is 1. The average molecular weight is 246 g/mol. The number of hydrogen-bond acceptors (Lipinski definition) is 4. The van der Waals surface area contributed by atoms with Crippen molar-refractivity contribution in [1.82, 2.24) is 0 Å². The maximum Gasteiger partial charge on any atom is 0.270 e. The highest BCUT2D eigenvalue weighted by molar-refractivity contribution is 6.07. The molecule has 5 heteroatoms. The summed E-state index contributed by atoms with van der Waals surface area (Å²) >= 11 is 0. The number of non-ortho nitro benzene ring substituents is 1. The van der Waals surface area contributed by atoms with E-state index in [0.717, 1.165) is 11.3 Å². The smallest absolute Gasteiger partial charge is 0.270 e. The van der Waals surface area contributed by atoms with Crippen LogP contribution in [0.4, 0.5) is 5.69 Å². The highest BCUT2D eigenvalue weighted by Crippen LogP contribution is 2.67. The van der Waals surface area contributed by atoms with Gasteiger partial charge in [-0.25, -0.2) is 0 Å². The zero-order valence-corrected chi connectivity index (χ0v) is 10.5. The van der Waals surface area contributed by atoms with Crippen molar-refractivity contribution in [3.8, 4) is 0 Å². The minimum absolute atomic E-state index is 0.0364. The van der Waals surface area contributed by atoms with Crippen molar-refractivity contribution >= 4 is 11.4 Å². The summed E-state index contributed by atoms with van der Waals surface area (Å²) in [7, 11) is 0. The van der Waals surface area contributed by atoms with Gasteiger partial charge in [0.2, 0.25) is 0 Å². The maximum absolute atomic E-state index is 10.8. The van der Waals surface area contributed by atoms with Crippen molar-refractivity contribution in [3.05, 3.63) is 39.9 Å². The van der Waals surface area contributed by atoms with Crippen LogP contribution >= 0.6 is 0 Å². The Morgan fingerprint density at radius 2 is 2.11 bits per heavy atom. The Hall–Kier alpha value is -1.91. The van der Waals surface area contributed by atoms with Gasteiger partial charge in [-0.15, -0.1) is 0 Å². The summed E-state index contributed by atoms with van der Waals surface area (Å²) < 4.78 is 0. The summed E-state index contributed by atoms with van der Waals surface area (Å²) in [5.74, 6) is 0.215. The van der Waals surface area contributed by atoms with Crippen LogP contribution < -0.4 is 0 Å². The van der Waals surface area contributed by atoms with Gasteiger partial charge < -0.3 is 4.84 Å². The summed E-state index contributed by atoms with van der Waals surface area (Å²) in [4.78, 5) is 15.9. The summed E-state index contributed by atoms with van der Waals surface area (Å²) in [6.07, 6.45) is 0. The molecule has 1 aliphatic carbocycles. The van der Waals surface area contributed by atoms with Gasteiger partial charge in [-0.3, -0.25) is 10.1 Å². The van der Waals surface area contributed by atoms with E-state index in [1.807, 2.05) is 13.0 Å². The molecule has 94 valence electrons. The Morgan fingerprint density at radius 3 is 2.67 bits per heavy atom. The minimum Gasteiger partial charge on any atom is -0.388 e. The van der Waals surface area contributed by atoms with Crippen molar-refractivity contribution in [2.75, 3.05) is 0 Å². The molecular weight excluding hydrogens is 232 g/mol. The number of nitro benzene ring substituents is 1. The molecular formula is C13H14N2O3. The quantitative estimate of drug-likeness (QED) is 0.595. The van der Waals surface area contributed by atoms with E-state index >= 15 is 0 Å². The summed E-state index contributed by atoms with van der Waals surface area (Å²) in [5, 5.41) is 14.9. The molecule has 1 aromatic rings. The van der Waals surface area contributed by atoms with Crippen LogP contribution in [0.15, 0.2) is 29.4 Å². The molecule has 1 aromatic carbocycles. The number of nitrogens with zero attached hydrogens (tertiary/aromatic N) is 2. The molecule has 5 nitrogen and oxygen atoms in total. The van der Waals surface area contributed by atoms with Crippen molar-refractivity contribution in [2.45, 2.75) is 26.4 Å². The van der Waals surface area contributed by atoms with Crippen LogP contribution in [0.1, 0.15) is 26.3 Å². The molecule has 1 heterocycles.